The van der Waals surface area contributed by atoms with Gasteiger partial charge in [0.25, 0.3) is 5.91 Å². The van der Waals surface area contributed by atoms with Crippen molar-refractivity contribution in [3.8, 4) is 11.8 Å². The Hall–Kier alpha value is -2.71. The highest BCUT2D eigenvalue weighted by atomic mass is 19.1. The molecule has 4 nitrogen and oxygen atoms in total. The van der Waals surface area contributed by atoms with E-state index in [2.05, 4.69) is 22.1 Å². The first-order chi connectivity index (χ1) is 9.70. The molecule has 2 rings (SSSR count). The first-order valence-electron chi connectivity index (χ1n) is 5.90. The number of amides is 1. The van der Waals surface area contributed by atoms with Crippen LogP contribution in [0.5, 0.6) is 0 Å². The van der Waals surface area contributed by atoms with E-state index in [9.17, 15) is 9.18 Å². The Bertz CT molecular complexity index is 675. The summed E-state index contributed by atoms with van der Waals surface area (Å²) >= 11 is 0. The van der Waals surface area contributed by atoms with Gasteiger partial charge >= 0.3 is 0 Å². The van der Waals surface area contributed by atoms with Crippen molar-refractivity contribution in [1.82, 2.24) is 4.98 Å². The summed E-state index contributed by atoms with van der Waals surface area (Å²) in [4.78, 5) is 15.8. The van der Waals surface area contributed by atoms with Gasteiger partial charge in [-0.3, -0.25) is 9.78 Å². The average Bonchev–Trinajstić information content (AvgIpc) is 2.48. The zero-order chi connectivity index (χ0) is 14.4. The maximum absolute atomic E-state index is 13.5. The van der Waals surface area contributed by atoms with Crippen molar-refractivity contribution in [1.29, 1.82) is 0 Å². The summed E-state index contributed by atoms with van der Waals surface area (Å²) < 4.78 is 13.5. The van der Waals surface area contributed by atoms with E-state index in [0.717, 1.165) is 0 Å². The topological polar surface area (TPSA) is 68.0 Å². The van der Waals surface area contributed by atoms with Crippen molar-refractivity contribution in [3.05, 3.63) is 59.7 Å². The van der Waals surface area contributed by atoms with Crippen LogP contribution in [-0.4, -0.2) is 17.4 Å². The van der Waals surface area contributed by atoms with Crippen molar-refractivity contribution in [2.75, 3.05) is 11.9 Å². The first-order valence-corrected chi connectivity index (χ1v) is 5.90. The van der Waals surface area contributed by atoms with E-state index in [-0.39, 0.29) is 18.0 Å². The molecule has 0 aliphatic rings. The van der Waals surface area contributed by atoms with E-state index in [1.807, 2.05) is 0 Å². The number of hydrogen-bond donors (Lipinski definition) is 2. The van der Waals surface area contributed by atoms with Crippen LogP contribution in [0.25, 0.3) is 0 Å². The number of hydrogen-bond acceptors (Lipinski definition) is 3. The van der Waals surface area contributed by atoms with Crippen LogP contribution in [0.1, 0.15) is 15.9 Å². The van der Waals surface area contributed by atoms with E-state index in [4.69, 9.17) is 5.73 Å². The Balaban J connectivity index is 2.20. The molecule has 0 unspecified atom stereocenters. The molecule has 0 saturated carbocycles. The van der Waals surface area contributed by atoms with Crippen LogP contribution in [-0.2, 0) is 0 Å². The number of carbonyl (C=O) groups excluding carboxylic acids is 1. The summed E-state index contributed by atoms with van der Waals surface area (Å²) in [6.45, 7) is 0.146. The summed E-state index contributed by atoms with van der Waals surface area (Å²) in [7, 11) is 0. The Labute approximate surface area is 115 Å². The van der Waals surface area contributed by atoms with Crippen LogP contribution >= 0.6 is 0 Å². The van der Waals surface area contributed by atoms with Crippen LogP contribution in [0, 0.1) is 17.7 Å². The summed E-state index contributed by atoms with van der Waals surface area (Å²) in [5.74, 6) is 4.44. The monoisotopic (exact) mass is 269 g/mol. The molecule has 0 aliphatic carbocycles. The third-order valence-electron chi connectivity index (χ3n) is 2.49. The smallest absolute Gasteiger partial charge is 0.255 e. The third kappa shape index (κ3) is 3.40. The fourth-order valence-corrected chi connectivity index (χ4v) is 1.55. The van der Waals surface area contributed by atoms with Crippen molar-refractivity contribution < 1.29 is 9.18 Å². The summed E-state index contributed by atoms with van der Waals surface area (Å²) in [5.41, 5.74) is 6.39. The van der Waals surface area contributed by atoms with Gasteiger partial charge in [0.15, 0.2) is 0 Å². The van der Waals surface area contributed by atoms with Crippen molar-refractivity contribution >= 4 is 11.6 Å². The minimum Gasteiger partial charge on any atom is -0.322 e. The zero-order valence-corrected chi connectivity index (χ0v) is 10.6. The first kappa shape index (κ1) is 13.7. The molecule has 3 N–H and O–H groups in total. The number of nitrogens with two attached hydrogens (primary N) is 1. The van der Waals surface area contributed by atoms with E-state index in [1.54, 1.807) is 12.1 Å². The molecule has 1 heterocycles. The quantitative estimate of drug-likeness (QED) is 0.817. The molecular weight excluding hydrogens is 257 g/mol. The molecule has 0 aliphatic heterocycles. The standard InChI is InChI=1S/C15H12FN3O/c16-14-4-3-13(10-12(14)2-1-7-17)19-15(20)11-5-8-18-9-6-11/h3-6,8-10H,7,17H2,(H,19,20). The van der Waals surface area contributed by atoms with Crippen molar-refractivity contribution in [3.63, 3.8) is 0 Å². The van der Waals surface area contributed by atoms with E-state index < -0.39 is 5.82 Å². The fourth-order valence-electron chi connectivity index (χ4n) is 1.55. The number of rotatable bonds is 2. The van der Waals surface area contributed by atoms with Crippen LogP contribution < -0.4 is 11.1 Å². The Morgan fingerprint density at radius 2 is 2.05 bits per heavy atom. The Morgan fingerprint density at radius 3 is 2.75 bits per heavy atom. The predicted molar refractivity (Wildman–Crippen MR) is 74.5 cm³/mol. The molecule has 2 aromatic rings. The second-order valence-corrected chi connectivity index (χ2v) is 3.89. The lowest BCUT2D eigenvalue weighted by molar-refractivity contribution is 0.102. The molecule has 0 spiro atoms. The third-order valence-corrected chi connectivity index (χ3v) is 2.49. The summed E-state index contributed by atoms with van der Waals surface area (Å²) in [5, 5.41) is 2.67. The molecule has 0 bridgehead atoms. The second-order valence-electron chi connectivity index (χ2n) is 3.89. The molecule has 0 saturated heterocycles. The number of nitrogens with zero attached hydrogens (tertiary/aromatic N) is 1. The normalized spacial score (nSPS) is 9.50. The van der Waals surface area contributed by atoms with Gasteiger partial charge in [0.1, 0.15) is 5.82 Å². The van der Waals surface area contributed by atoms with Gasteiger partial charge in [0.2, 0.25) is 0 Å². The molecule has 100 valence electrons. The Kier molecular flexibility index (Phi) is 4.43. The maximum Gasteiger partial charge on any atom is 0.255 e. The Morgan fingerprint density at radius 1 is 1.30 bits per heavy atom. The van der Waals surface area contributed by atoms with Gasteiger partial charge < -0.3 is 11.1 Å². The van der Waals surface area contributed by atoms with Crippen LogP contribution in [0.4, 0.5) is 10.1 Å². The summed E-state index contributed by atoms with van der Waals surface area (Å²) in [6, 6.07) is 7.38. The highest BCUT2D eigenvalue weighted by Gasteiger charge is 2.07. The molecular formula is C15H12FN3O. The molecule has 20 heavy (non-hydrogen) atoms. The molecule has 1 amide bonds. The second kappa shape index (κ2) is 6.45. The molecule has 0 fully saturated rings. The minimum atomic E-state index is -0.451. The van der Waals surface area contributed by atoms with Crippen molar-refractivity contribution in [2.45, 2.75) is 0 Å². The highest BCUT2D eigenvalue weighted by molar-refractivity contribution is 6.04. The minimum absolute atomic E-state index is 0.146. The van der Waals surface area contributed by atoms with Gasteiger partial charge in [-0.05, 0) is 30.3 Å². The largest absolute Gasteiger partial charge is 0.322 e. The van der Waals surface area contributed by atoms with Gasteiger partial charge in [0, 0.05) is 23.6 Å². The number of pyridine rings is 1. The SMILES string of the molecule is NCC#Cc1cc(NC(=O)c2ccncc2)ccc1F. The maximum atomic E-state index is 13.5. The van der Waals surface area contributed by atoms with Gasteiger partial charge in [-0.1, -0.05) is 11.8 Å². The lowest BCUT2D eigenvalue weighted by Crippen LogP contribution is -2.12. The van der Waals surface area contributed by atoms with Crippen LogP contribution in [0.2, 0.25) is 0 Å². The van der Waals surface area contributed by atoms with E-state index in [1.165, 1.54) is 30.6 Å². The molecule has 0 radical (unpaired) electrons. The number of aromatic nitrogens is 1. The number of benzene rings is 1. The lowest BCUT2D eigenvalue weighted by atomic mass is 10.1. The predicted octanol–water partition coefficient (Wildman–Crippen LogP) is 1.78. The van der Waals surface area contributed by atoms with Crippen molar-refractivity contribution in [2.24, 2.45) is 5.73 Å². The van der Waals surface area contributed by atoms with Gasteiger partial charge in [-0.15, -0.1) is 0 Å². The lowest BCUT2D eigenvalue weighted by Gasteiger charge is -2.06. The molecule has 1 aromatic carbocycles. The van der Waals surface area contributed by atoms with Gasteiger partial charge in [-0.2, -0.15) is 0 Å². The highest BCUT2D eigenvalue weighted by Crippen LogP contribution is 2.15. The van der Waals surface area contributed by atoms with E-state index >= 15 is 0 Å². The number of halogens is 1. The molecule has 5 heteroatoms. The zero-order valence-electron chi connectivity index (χ0n) is 10.6. The number of carbonyl (C=O) groups is 1. The van der Waals surface area contributed by atoms with Gasteiger partial charge in [0.05, 0.1) is 12.1 Å². The van der Waals surface area contributed by atoms with E-state index in [0.29, 0.717) is 11.3 Å². The average molecular weight is 269 g/mol. The number of nitrogens with one attached hydrogen (secondary N) is 1. The molecule has 1 aromatic heterocycles. The summed E-state index contributed by atoms with van der Waals surface area (Å²) in [6.07, 6.45) is 3.05. The fraction of sp³-hybridized carbons (Fsp3) is 0.0667. The van der Waals surface area contributed by atoms with Crippen LogP contribution in [0.15, 0.2) is 42.7 Å². The molecule has 0 atom stereocenters. The van der Waals surface area contributed by atoms with Crippen LogP contribution in [0.3, 0.4) is 0 Å². The van der Waals surface area contributed by atoms with Gasteiger partial charge in [-0.25, -0.2) is 4.39 Å². The number of anilines is 1.